The monoisotopic (exact) mass is 708 g/mol. The number of ether oxygens (including phenoxy) is 1. The van der Waals surface area contributed by atoms with Gasteiger partial charge in [0.2, 0.25) is 30.6 Å². The minimum absolute atomic E-state index is 0.155. The lowest BCUT2D eigenvalue weighted by atomic mass is 10.1. The molecule has 0 radical (unpaired) electrons. The Kier molecular flexibility index (Phi) is 10.1. The molecule has 15 heteroatoms. The smallest absolute Gasteiger partial charge is 0.243 e. The molecule has 1 aromatic heterocycles. The number of hydrogen-bond acceptors (Lipinski definition) is 10. The molecule has 0 spiro atoms. The molecule has 48 heavy (non-hydrogen) atoms. The van der Waals surface area contributed by atoms with Crippen molar-refractivity contribution in [2.45, 2.75) is 42.9 Å². The minimum Gasteiger partial charge on any atom is -0.379 e. The van der Waals surface area contributed by atoms with Crippen LogP contribution in [0, 0.1) is 6.92 Å². The second kappa shape index (κ2) is 14.3. The highest BCUT2D eigenvalue weighted by Gasteiger charge is 2.27. The van der Waals surface area contributed by atoms with Gasteiger partial charge in [-0.3, -0.25) is 4.79 Å². The second-order valence-corrected chi connectivity index (χ2v) is 16.4. The number of sulfonamides is 2. The van der Waals surface area contributed by atoms with E-state index in [-0.39, 0.29) is 20.6 Å². The highest BCUT2D eigenvalue weighted by Crippen LogP contribution is 2.22. The lowest BCUT2D eigenvalue weighted by Gasteiger charge is -2.26. The van der Waals surface area contributed by atoms with E-state index in [0.717, 1.165) is 36.2 Å². The van der Waals surface area contributed by atoms with Crippen LogP contribution in [0.25, 0.3) is 5.69 Å². The number of rotatable bonds is 9. The molecule has 3 aromatic carbocycles. The third-order valence-corrected chi connectivity index (χ3v) is 13.0. The van der Waals surface area contributed by atoms with Gasteiger partial charge in [0.25, 0.3) is 0 Å². The number of piperidine rings is 1. The van der Waals surface area contributed by atoms with Gasteiger partial charge < -0.3 is 4.74 Å². The molecule has 2 aliphatic rings. The second-order valence-electron chi connectivity index (χ2n) is 11.6. The van der Waals surface area contributed by atoms with E-state index < -0.39 is 20.0 Å². The van der Waals surface area contributed by atoms with Crippen LogP contribution in [-0.4, -0.2) is 86.1 Å². The summed E-state index contributed by atoms with van der Waals surface area (Å²) >= 11 is 1.06. The zero-order valence-electron chi connectivity index (χ0n) is 26.6. The van der Waals surface area contributed by atoms with Crippen LogP contribution in [0.15, 0.2) is 92.8 Å². The number of hydrogen-bond donors (Lipinski definition) is 0. The molecule has 0 aliphatic carbocycles. The Balaban J connectivity index is 1.28. The van der Waals surface area contributed by atoms with Crippen molar-refractivity contribution >= 4 is 42.9 Å². The first-order valence-corrected chi connectivity index (χ1v) is 19.3. The highest BCUT2D eigenvalue weighted by atomic mass is 32.2. The predicted molar refractivity (Wildman–Crippen MR) is 182 cm³/mol. The molecule has 2 aliphatic heterocycles. The first kappa shape index (κ1) is 34.0. The van der Waals surface area contributed by atoms with Crippen LogP contribution in [0.2, 0.25) is 0 Å². The van der Waals surface area contributed by atoms with Crippen molar-refractivity contribution in [3.63, 3.8) is 0 Å². The third-order valence-electron chi connectivity index (χ3n) is 8.27. The van der Waals surface area contributed by atoms with E-state index in [1.807, 2.05) is 31.2 Å². The standard InChI is InChI=1S/C33H36N6O6S3/c1-24-6-12-28(13-7-24)39-33(35-34-25(2)26-8-14-29(15-9-26)48(43,44)38-20-22-45-23-21-38)46-32(36-39)31(40)27-10-16-30(17-11-27)47(41,42)37-18-4-3-5-19-37/h6-17H,3-5,18-23H2,1-2H3/b34-25+,35-33+. The van der Waals surface area contributed by atoms with Gasteiger partial charge in [-0.1, -0.05) is 47.6 Å². The Labute approximate surface area is 284 Å². The normalized spacial score (nSPS) is 17.5. The fraction of sp³-hybridized carbons (Fsp3) is 0.333. The first-order valence-electron chi connectivity index (χ1n) is 15.6. The average Bonchev–Trinajstić information content (AvgIpc) is 3.55. The van der Waals surface area contributed by atoms with Gasteiger partial charge in [-0.2, -0.15) is 18.8 Å². The van der Waals surface area contributed by atoms with E-state index in [1.165, 1.54) is 32.9 Å². The summed E-state index contributed by atoms with van der Waals surface area (Å²) < 4.78 is 62.0. The van der Waals surface area contributed by atoms with Crippen molar-refractivity contribution in [1.82, 2.24) is 18.4 Å². The van der Waals surface area contributed by atoms with Crippen LogP contribution < -0.4 is 4.80 Å². The lowest BCUT2D eigenvalue weighted by Crippen LogP contribution is -2.40. The van der Waals surface area contributed by atoms with E-state index in [4.69, 9.17) is 4.74 Å². The molecule has 0 unspecified atom stereocenters. The molecule has 0 saturated carbocycles. The Morgan fingerprint density at radius 3 is 1.88 bits per heavy atom. The summed E-state index contributed by atoms with van der Waals surface area (Å²) in [7, 11) is -7.25. The number of aryl methyl sites for hydroxylation is 1. The zero-order chi connectivity index (χ0) is 33.9. The zero-order valence-corrected chi connectivity index (χ0v) is 29.1. The summed E-state index contributed by atoms with van der Waals surface area (Å²) in [4.78, 5) is 14.3. The number of nitrogens with zero attached hydrogens (tertiary/aromatic N) is 6. The molecular weight excluding hydrogens is 673 g/mol. The van der Waals surface area contributed by atoms with Gasteiger partial charge in [0.1, 0.15) is 0 Å². The molecule has 6 rings (SSSR count). The van der Waals surface area contributed by atoms with Crippen LogP contribution in [0.3, 0.4) is 0 Å². The van der Waals surface area contributed by atoms with Crippen LogP contribution in [0.5, 0.6) is 0 Å². The van der Waals surface area contributed by atoms with E-state index in [9.17, 15) is 21.6 Å². The van der Waals surface area contributed by atoms with E-state index in [1.54, 1.807) is 35.9 Å². The fourth-order valence-corrected chi connectivity index (χ4v) is 9.17. The summed E-state index contributed by atoms with van der Waals surface area (Å²) in [6.45, 7) is 6.09. The minimum atomic E-state index is -3.63. The third kappa shape index (κ3) is 7.26. The molecular formula is C33H36N6O6S3. The molecule has 0 N–H and O–H groups in total. The van der Waals surface area contributed by atoms with E-state index >= 15 is 0 Å². The molecule has 4 aromatic rings. The first-order chi connectivity index (χ1) is 23.0. The van der Waals surface area contributed by atoms with Crippen molar-refractivity contribution in [1.29, 1.82) is 0 Å². The Morgan fingerprint density at radius 2 is 1.29 bits per heavy atom. The largest absolute Gasteiger partial charge is 0.379 e. The number of ketones is 1. The molecule has 0 bridgehead atoms. The summed E-state index contributed by atoms with van der Waals surface area (Å²) in [5.74, 6) is -0.373. The lowest BCUT2D eigenvalue weighted by molar-refractivity contribution is 0.0730. The molecule has 252 valence electrons. The van der Waals surface area contributed by atoms with Gasteiger partial charge in [0.05, 0.1) is 34.4 Å². The summed E-state index contributed by atoms with van der Waals surface area (Å²) in [6, 6.07) is 20.0. The maximum atomic E-state index is 13.6. The van der Waals surface area contributed by atoms with Gasteiger partial charge in [-0.15, -0.1) is 5.10 Å². The molecule has 12 nitrogen and oxygen atoms in total. The van der Waals surface area contributed by atoms with Gasteiger partial charge >= 0.3 is 0 Å². The average molecular weight is 709 g/mol. The summed E-state index contributed by atoms with van der Waals surface area (Å²) in [6.07, 6.45) is 2.69. The van der Waals surface area contributed by atoms with Crippen LogP contribution in [0.4, 0.5) is 0 Å². The summed E-state index contributed by atoms with van der Waals surface area (Å²) in [5.41, 5.74) is 3.25. The predicted octanol–water partition coefficient (Wildman–Crippen LogP) is 3.99. The Morgan fingerprint density at radius 1 is 0.750 bits per heavy atom. The maximum absolute atomic E-state index is 13.6. The Bertz CT molecular complexity index is 2090. The van der Waals surface area contributed by atoms with Gasteiger partial charge in [-0.25, -0.2) is 21.5 Å². The number of carbonyl (C=O) groups excluding carboxylic acids is 1. The highest BCUT2D eigenvalue weighted by molar-refractivity contribution is 7.89. The van der Waals surface area contributed by atoms with Crippen LogP contribution >= 0.6 is 11.3 Å². The van der Waals surface area contributed by atoms with Gasteiger partial charge in [0.15, 0.2) is 5.01 Å². The maximum Gasteiger partial charge on any atom is 0.243 e. The number of benzene rings is 3. The Hall–Kier alpha value is -3.86. The van der Waals surface area contributed by atoms with Crippen molar-refractivity contribution in [2.24, 2.45) is 10.2 Å². The molecule has 2 fully saturated rings. The van der Waals surface area contributed by atoms with Crippen molar-refractivity contribution in [3.8, 4) is 5.69 Å². The number of aromatic nitrogens is 2. The van der Waals surface area contributed by atoms with Crippen LogP contribution in [0.1, 0.15) is 52.7 Å². The van der Waals surface area contributed by atoms with Gasteiger partial charge in [0, 0.05) is 31.7 Å². The van der Waals surface area contributed by atoms with Crippen molar-refractivity contribution < 1.29 is 26.4 Å². The van der Waals surface area contributed by atoms with E-state index in [2.05, 4.69) is 15.3 Å². The molecule has 2 saturated heterocycles. The number of carbonyl (C=O) groups is 1. The van der Waals surface area contributed by atoms with Crippen molar-refractivity contribution in [3.05, 3.63) is 99.3 Å². The fourth-order valence-electron chi connectivity index (χ4n) is 5.43. The van der Waals surface area contributed by atoms with Gasteiger partial charge in [-0.05, 0) is 80.8 Å². The quantitative estimate of drug-likeness (QED) is 0.145. The van der Waals surface area contributed by atoms with Crippen LogP contribution in [-0.2, 0) is 24.8 Å². The van der Waals surface area contributed by atoms with Crippen molar-refractivity contribution in [2.75, 3.05) is 39.4 Å². The summed E-state index contributed by atoms with van der Waals surface area (Å²) in [5, 5.41) is 13.6. The SMILES string of the molecule is C/C(=N\N=c1\sc(C(=O)c2ccc(S(=O)(=O)N3CCCCC3)cc2)nn1-c1ccc(C)cc1)c1ccc(S(=O)(=O)N2CCOCC2)cc1. The molecule has 3 heterocycles. The number of morpholine rings is 1. The van der Waals surface area contributed by atoms with E-state index in [0.29, 0.717) is 66.7 Å². The molecule has 0 atom stereocenters. The molecule has 0 amide bonds. The topological polar surface area (TPSA) is 144 Å².